The summed E-state index contributed by atoms with van der Waals surface area (Å²) in [6.45, 7) is 1.99. The van der Waals surface area contributed by atoms with E-state index in [9.17, 15) is 14.4 Å². The van der Waals surface area contributed by atoms with E-state index in [1.165, 1.54) is 23.1 Å². The number of thioether (sulfide) groups is 1. The molecule has 1 N–H and O–H groups in total. The molecule has 0 radical (unpaired) electrons. The van der Waals surface area contributed by atoms with Crippen LogP contribution in [0, 0.1) is 0 Å². The molecule has 42 heavy (non-hydrogen) atoms. The van der Waals surface area contributed by atoms with Gasteiger partial charge in [0.2, 0.25) is 0 Å². The fourth-order valence-electron chi connectivity index (χ4n) is 4.74. The van der Waals surface area contributed by atoms with Crippen molar-refractivity contribution in [3.8, 4) is 11.1 Å². The van der Waals surface area contributed by atoms with Crippen molar-refractivity contribution in [2.24, 2.45) is 0 Å². The molecule has 6 rings (SSSR count). The number of morpholine rings is 1. The zero-order chi connectivity index (χ0) is 28.9. The van der Waals surface area contributed by atoms with Crippen molar-refractivity contribution in [2.75, 3.05) is 37.4 Å². The summed E-state index contributed by atoms with van der Waals surface area (Å²) in [5.41, 5.74) is 4.95. The first-order valence-corrected chi connectivity index (χ1v) is 15.3. The molecule has 0 spiro atoms. The number of rotatable bonds is 8. The van der Waals surface area contributed by atoms with Crippen LogP contribution in [0.5, 0.6) is 0 Å². The Kier molecular flexibility index (Phi) is 8.41. The Morgan fingerprint density at radius 2 is 1.52 bits per heavy atom. The third-order valence-electron chi connectivity index (χ3n) is 6.97. The molecule has 2 heterocycles. The summed E-state index contributed by atoms with van der Waals surface area (Å²) in [5, 5.41) is 2.93. The van der Waals surface area contributed by atoms with E-state index in [0.717, 1.165) is 25.7 Å². The molecule has 1 saturated heterocycles. The summed E-state index contributed by atoms with van der Waals surface area (Å²) >= 11 is 2.88. The number of nitrogens with one attached hydrogen (secondary N) is 1. The zero-order valence-corrected chi connectivity index (χ0v) is 24.3. The van der Waals surface area contributed by atoms with E-state index >= 15 is 0 Å². The summed E-state index contributed by atoms with van der Waals surface area (Å²) in [5.74, 6) is -0.209. The van der Waals surface area contributed by atoms with Crippen LogP contribution in [0.1, 0.15) is 31.1 Å². The van der Waals surface area contributed by atoms with E-state index in [-0.39, 0.29) is 23.4 Å². The standard InChI is InChI=1S/C33H27N3O4S2/c37-29(24-12-10-23(11-13-24)22-6-2-1-3-7-22)21-41-33-35-28-15-14-25(20-30(28)42-33)34-31(38)26-8-4-5-9-27(26)32(39)36-16-18-40-19-17-36/h1-15,20H,16-19,21H2,(H,34,38). The van der Waals surface area contributed by atoms with Gasteiger partial charge in [0.15, 0.2) is 10.1 Å². The monoisotopic (exact) mass is 593 g/mol. The first kappa shape index (κ1) is 27.8. The first-order valence-electron chi connectivity index (χ1n) is 13.5. The molecule has 0 unspecified atom stereocenters. The van der Waals surface area contributed by atoms with E-state index in [0.29, 0.717) is 48.7 Å². The van der Waals surface area contributed by atoms with Crippen LogP contribution in [0.2, 0.25) is 0 Å². The number of Topliss-reactive ketones (excluding diaryl/α,β-unsaturated/α-hetero) is 1. The van der Waals surface area contributed by atoms with Crippen LogP contribution >= 0.6 is 23.1 Å². The van der Waals surface area contributed by atoms with Crippen molar-refractivity contribution in [1.82, 2.24) is 9.88 Å². The highest BCUT2D eigenvalue weighted by Gasteiger charge is 2.23. The summed E-state index contributed by atoms with van der Waals surface area (Å²) in [6, 6.07) is 30.1. The predicted octanol–water partition coefficient (Wildman–Crippen LogP) is 6.66. The van der Waals surface area contributed by atoms with Gasteiger partial charge >= 0.3 is 0 Å². The van der Waals surface area contributed by atoms with E-state index in [4.69, 9.17) is 4.74 Å². The van der Waals surface area contributed by atoms with Crippen LogP contribution < -0.4 is 5.32 Å². The lowest BCUT2D eigenvalue weighted by atomic mass is 10.0. The van der Waals surface area contributed by atoms with Crippen LogP contribution in [0.25, 0.3) is 21.3 Å². The highest BCUT2D eigenvalue weighted by molar-refractivity contribution is 8.01. The molecule has 1 aliphatic rings. The van der Waals surface area contributed by atoms with Crippen molar-refractivity contribution in [3.05, 3.63) is 114 Å². The summed E-state index contributed by atoms with van der Waals surface area (Å²) in [4.78, 5) is 45.5. The number of anilines is 1. The maximum Gasteiger partial charge on any atom is 0.256 e. The van der Waals surface area contributed by atoms with Crippen molar-refractivity contribution in [3.63, 3.8) is 0 Å². The molecule has 5 aromatic rings. The second-order valence-corrected chi connectivity index (χ2v) is 12.0. The van der Waals surface area contributed by atoms with Gasteiger partial charge in [-0.2, -0.15) is 0 Å². The minimum atomic E-state index is -0.352. The van der Waals surface area contributed by atoms with Crippen LogP contribution in [0.15, 0.2) is 101 Å². The maximum atomic E-state index is 13.2. The second kappa shape index (κ2) is 12.7. The van der Waals surface area contributed by atoms with Gasteiger partial charge in [-0.3, -0.25) is 14.4 Å². The molecule has 0 aliphatic carbocycles. The number of fused-ring (bicyclic) bond motifs is 1. The average Bonchev–Trinajstić information content (AvgIpc) is 3.46. The lowest BCUT2D eigenvalue weighted by molar-refractivity contribution is 0.0302. The Labute approximate surface area is 251 Å². The molecule has 1 aromatic heterocycles. The highest BCUT2D eigenvalue weighted by atomic mass is 32.2. The van der Waals surface area contributed by atoms with E-state index in [1.54, 1.807) is 35.2 Å². The number of hydrogen-bond acceptors (Lipinski definition) is 7. The van der Waals surface area contributed by atoms with Gasteiger partial charge in [-0.25, -0.2) is 4.98 Å². The number of thiazole rings is 1. The summed E-state index contributed by atoms with van der Waals surface area (Å²) < 4.78 is 7.03. The van der Waals surface area contributed by atoms with Crippen molar-refractivity contribution < 1.29 is 19.1 Å². The Morgan fingerprint density at radius 3 is 2.29 bits per heavy atom. The third-order valence-corrected chi connectivity index (χ3v) is 9.13. The van der Waals surface area contributed by atoms with Crippen molar-refractivity contribution >= 4 is 56.6 Å². The molecule has 7 nitrogen and oxygen atoms in total. The Hall–Kier alpha value is -4.31. The van der Waals surface area contributed by atoms with E-state index in [1.807, 2.05) is 66.7 Å². The normalized spacial score (nSPS) is 13.2. The highest BCUT2D eigenvalue weighted by Crippen LogP contribution is 2.32. The average molecular weight is 594 g/mol. The third kappa shape index (κ3) is 6.28. The molecule has 9 heteroatoms. The van der Waals surface area contributed by atoms with Gasteiger partial charge in [0.25, 0.3) is 11.8 Å². The van der Waals surface area contributed by atoms with Gasteiger partial charge in [0, 0.05) is 24.3 Å². The van der Waals surface area contributed by atoms with Crippen molar-refractivity contribution in [2.45, 2.75) is 4.34 Å². The maximum absolute atomic E-state index is 13.2. The number of ether oxygens (including phenoxy) is 1. The Balaban J connectivity index is 1.10. The van der Waals surface area contributed by atoms with Crippen molar-refractivity contribution in [1.29, 1.82) is 0 Å². The molecule has 4 aromatic carbocycles. The SMILES string of the molecule is O=C(CSc1nc2ccc(NC(=O)c3ccccc3C(=O)N3CCOCC3)cc2s1)c1ccc(-c2ccccc2)cc1. The number of nitrogens with zero attached hydrogens (tertiary/aromatic N) is 2. The fraction of sp³-hybridized carbons (Fsp3) is 0.152. The molecular weight excluding hydrogens is 567 g/mol. The quantitative estimate of drug-likeness (QED) is 0.160. The van der Waals surface area contributed by atoms with Crippen LogP contribution in [0.3, 0.4) is 0 Å². The zero-order valence-electron chi connectivity index (χ0n) is 22.6. The van der Waals surface area contributed by atoms with Crippen LogP contribution in [0.4, 0.5) is 5.69 Å². The van der Waals surface area contributed by atoms with Gasteiger partial charge in [-0.05, 0) is 41.5 Å². The number of ketones is 1. The molecule has 1 fully saturated rings. The van der Waals surface area contributed by atoms with E-state index in [2.05, 4.69) is 10.3 Å². The number of carbonyl (C=O) groups excluding carboxylic acids is 3. The van der Waals surface area contributed by atoms with Crippen LogP contribution in [-0.2, 0) is 4.74 Å². The fourth-order valence-corrected chi connectivity index (χ4v) is 6.74. The minimum Gasteiger partial charge on any atom is -0.378 e. The second-order valence-electron chi connectivity index (χ2n) is 9.72. The van der Waals surface area contributed by atoms with Gasteiger partial charge in [-0.1, -0.05) is 78.5 Å². The number of aromatic nitrogens is 1. The Morgan fingerprint density at radius 1 is 0.833 bits per heavy atom. The number of carbonyl (C=O) groups is 3. The van der Waals surface area contributed by atoms with Gasteiger partial charge in [-0.15, -0.1) is 11.3 Å². The predicted molar refractivity (Wildman–Crippen MR) is 168 cm³/mol. The molecule has 0 saturated carbocycles. The number of hydrogen-bond donors (Lipinski definition) is 1. The number of benzene rings is 4. The molecule has 0 bridgehead atoms. The molecular formula is C33H27N3O4S2. The molecule has 1 aliphatic heterocycles. The molecule has 2 amide bonds. The largest absolute Gasteiger partial charge is 0.378 e. The first-order chi connectivity index (χ1) is 20.5. The Bertz CT molecular complexity index is 1750. The lowest BCUT2D eigenvalue weighted by Crippen LogP contribution is -2.41. The molecule has 210 valence electrons. The summed E-state index contributed by atoms with van der Waals surface area (Å²) in [6.07, 6.45) is 0. The van der Waals surface area contributed by atoms with Gasteiger partial charge < -0.3 is 15.0 Å². The number of amides is 2. The van der Waals surface area contributed by atoms with Gasteiger partial charge in [0.1, 0.15) is 0 Å². The smallest absolute Gasteiger partial charge is 0.256 e. The van der Waals surface area contributed by atoms with Gasteiger partial charge in [0.05, 0.1) is 40.3 Å². The lowest BCUT2D eigenvalue weighted by Gasteiger charge is -2.27. The topological polar surface area (TPSA) is 88.6 Å². The molecule has 0 atom stereocenters. The van der Waals surface area contributed by atoms with Crippen LogP contribution in [-0.4, -0.2) is 59.5 Å². The summed E-state index contributed by atoms with van der Waals surface area (Å²) in [7, 11) is 0. The minimum absolute atomic E-state index is 0.0390. The van der Waals surface area contributed by atoms with E-state index < -0.39 is 0 Å².